The molecule has 1 heterocycles. The van der Waals surface area contributed by atoms with Crippen molar-refractivity contribution in [3.8, 4) is 11.3 Å². The van der Waals surface area contributed by atoms with Gasteiger partial charge in [-0.2, -0.15) is 0 Å². The minimum Gasteiger partial charge on any atom is -0.423 e. The number of hydrogen-bond acceptors (Lipinski definition) is 2. The Morgan fingerprint density at radius 1 is 1.20 bits per heavy atom. The summed E-state index contributed by atoms with van der Waals surface area (Å²) in [4.78, 5) is 11.1. The van der Waals surface area contributed by atoms with Crippen molar-refractivity contribution < 1.29 is 8.81 Å². The van der Waals surface area contributed by atoms with Crippen molar-refractivity contribution in [1.82, 2.24) is 0 Å². The first-order chi connectivity index (χ1) is 7.15. The second kappa shape index (κ2) is 3.98. The molecule has 0 aliphatic carbocycles. The Morgan fingerprint density at radius 2 is 2.00 bits per heavy atom. The Hall–Kier alpha value is -1.42. The van der Waals surface area contributed by atoms with Crippen LogP contribution in [-0.2, 0) is 0 Å². The fourth-order valence-electron chi connectivity index (χ4n) is 1.23. The molecule has 0 bridgehead atoms. The first-order valence-electron chi connectivity index (χ1n) is 4.22. The van der Waals surface area contributed by atoms with Crippen molar-refractivity contribution in [3.05, 3.63) is 57.1 Å². The van der Waals surface area contributed by atoms with Crippen molar-refractivity contribution in [2.45, 2.75) is 0 Å². The summed E-state index contributed by atoms with van der Waals surface area (Å²) in [5.74, 6) is -0.0241. The number of rotatable bonds is 1. The van der Waals surface area contributed by atoms with Crippen LogP contribution >= 0.6 is 15.9 Å². The van der Waals surface area contributed by atoms with Gasteiger partial charge in [0.15, 0.2) is 0 Å². The smallest absolute Gasteiger partial charge is 0.337 e. The number of benzene rings is 1. The van der Waals surface area contributed by atoms with Gasteiger partial charge in [0, 0.05) is 16.1 Å². The van der Waals surface area contributed by atoms with Crippen molar-refractivity contribution >= 4 is 15.9 Å². The molecule has 0 saturated carbocycles. The first-order valence-corrected chi connectivity index (χ1v) is 5.01. The normalized spacial score (nSPS) is 10.3. The van der Waals surface area contributed by atoms with E-state index in [0.29, 0.717) is 15.8 Å². The third-order valence-corrected chi connectivity index (χ3v) is 2.30. The van der Waals surface area contributed by atoms with Crippen molar-refractivity contribution in [1.29, 1.82) is 0 Å². The fraction of sp³-hybridized carbons (Fsp3) is 0. The lowest BCUT2D eigenvalue weighted by Crippen LogP contribution is -1.96. The standard InChI is InChI=1S/C11H6BrFO2/c12-8-5-10(15-11(14)6-8)7-2-1-3-9(13)4-7/h1-6H. The highest BCUT2D eigenvalue weighted by Gasteiger charge is 2.03. The average molecular weight is 269 g/mol. The molecule has 2 nitrogen and oxygen atoms in total. The zero-order valence-corrected chi connectivity index (χ0v) is 9.12. The molecule has 0 spiro atoms. The maximum Gasteiger partial charge on any atom is 0.337 e. The largest absolute Gasteiger partial charge is 0.423 e. The molecule has 2 rings (SSSR count). The van der Waals surface area contributed by atoms with Crippen LogP contribution in [0.5, 0.6) is 0 Å². The van der Waals surface area contributed by atoms with Gasteiger partial charge in [0.1, 0.15) is 11.6 Å². The van der Waals surface area contributed by atoms with Crippen LogP contribution in [-0.4, -0.2) is 0 Å². The summed E-state index contributed by atoms with van der Waals surface area (Å²) in [6, 6.07) is 8.81. The van der Waals surface area contributed by atoms with Gasteiger partial charge in [-0.05, 0) is 18.2 Å². The van der Waals surface area contributed by atoms with E-state index in [4.69, 9.17) is 4.42 Å². The average Bonchev–Trinajstić information content (AvgIpc) is 2.16. The van der Waals surface area contributed by atoms with Crippen LogP contribution in [0.3, 0.4) is 0 Å². The Morgan fingerprint density at radius 3 is 2.67 bits per heavy atom. The molecule has 1 aromatic carbocycles. The van der Waals surface area contributed by atoms with Gasteiger partial charge < -0.3 is 4.42 Å². The highest BCUT2D eigenvalue weighted by molar-refractivity contribution is 9.10. The molecule has 0 saturated heterocycles. The molecule has 0 aliphatic heterocycles. The van der Waals surface area contributed by atoms with E-state index >= 15 is 0 Å². The molecule has 1 aromatic heterocycles. The summed E-state index contributed by atoms with van der Waals surface area (Å²) >= 11 is 3.18. The SMILES string of the molecule is O=c1cc(Br)cc(-c2cccc(F)c2)o1. The van der Waals surface area contributed by atoms with E-state index in [2.05, 4.69) is 15.9 Å². The molecule has 0 fully saturated rings. The quantitative estimate of drug-likeness (QED) is 0.795. The highest BCUT2D eigenvalue weighted by Crippen LogP contribution is 2.21. The van der Waals surface area contributed by atoms with Crippen LogP contribution in [0.15, 0.2) is 50.1 Å². The summed E-state index contributed by atoms with van der Waals surface area (Å²) in [7, 11) is 0. The van der Waals surface area contributed by atoms with Gasteiger partial charge in [0.05, 0.1) is 0 Å². The second-order valence-electron chi connectivity index (χ2n) is 2.97. The summed E-state index contributed by atoms with van der Waals surface area (Å²) in [6.45, 7) is 0. The molecule has 0 atom stereocenters. The van der Waals surface area contributed by atoms with E-state index < -0.39 is 5.63 Å². The van der Waals surface area contributed by atoms with Crippen LogP contribution in [0.4, 0.5) is 4.39 Å². The van der Waals surface area contributed by atoms with Crippen molar-refractivity contribution in [3.63, 3.8) is 0 Å². The van der Waals surface area contributed by atoms with Gasteiger partial charge >= 0.3 is 5.63 Å². The van der Waals surface area contributed by atoms with Crippen molar-refractivity contribution in [2.24, 2.45) is 0 Å². The molecular weight excluding hydrogens is 263 g/mol. The monoisotopic (exact) mass is 268 g/mol. The van der Waals surface area contributed by atoms with Gasteiger partial charge in [-0.25, -0.2) is 9.18 Å². The molecule has 0 N–H and O–H groups in total. The molecular formula is C11H6BrFO2. The molecule has 76 valence electrons. The van der Waals surface area contributed by atoms with E-state index in [1.54, 1.807) is 18.2 Å². The minimum atomic E-state index is -0.469. The molecule has 0 unspecified atom stereocenters. The summed E-state index contributed by atoms with van der Waals surface area (Å²) < 4.78 is 18.5. The summed E-state index contributed by atoms with van der Waals surface area (Å²) in [5, 5.41) is 0. The zero-order valence-electron chi connectivity index (χ0n) is 7.54. The van der Waals surface area contributed by atoms with E-state index in [1.165, 1.54) is 18.2 Å². The van der Waals surface area contributed by atoms with Gasteiger partial charge in [-0.1, -0.05) is 28.1 Å². The van der Waals surface area contributed by atoms with Gasteiger partial charge in [0.2, 0.25) is 0 Å². The lowest BCUT2D eigenvalue weighted by atomic mass is 10.1. The molecule has 15 heavy (non-hydrogen) atoms. The fourth-order valence-corrected chi connectivity index (χ4v) is 1.63. The van der Waals surface area contributed by atoms with E-state index in [9.17, 15) is 9.18 Å². The highest BCUT2D eigenvalue weighted by atomic mass is 79.9. The number of hydrogen-bond donors (Lipinski definition) is 0. The Kier molecular flexibility index (Phi) is 2.68. The predicted molar refractivity (Wildman–Crippen MR) is 58.1 cm³/mol. The van der Waals surface area contributed by atoms with Gasteiger partial charge in [-0.3, -0.25) is 0 Å². The Bertz CT molecular complexity index is 548. The maximum absolute atomic E-state index is 12.9. The van der Waals surface area contributed by atoms with Crippen LogP contribution in [0, 0.1) is 5.82 Å². The molecule has 2 aromatic rings. The van der Waals surface area contributed by atoms with Gasteiger partial charge in [-0.15, -0.1) is 0 Å². The lowest BCUT2D eigenvalue weighted by molar-refractivity contribution is 0.524. The molecule has 4 heteroatoms. The minimum absolute atomic E-state index is 0.342. The third-order valence-electron chi connectivity index (χ3n) is 1.84. The van der Waals surface area contributed by atoms with Gasteiger partial charge in [0.25, 0.3) is 0 Å². The molecule has 0 radical (unpaired) electrons. The van der Waals surface area contributed by atoms with Crippen LogP contribution in [0.25, 0.3) is 11.3 Å². The second-order valence-corrected chi connectivity index (χ2v) is 3.88. The Labute approximate surface area is 93.5 Å². The van der Waals surface area contributed by atoms with E-state index in [1.807, 2.05) is 0 Å². The van der Waals surface area contributed by atoms with Crippen LogP contribution < -0.4 is 5.63 Å². The zero-order chi connectivity index (χ0) is 10.8. The first kappa shape index (κ1) is 10.1. The lowest BCUT2D eigenvalue weighted by Gasteiger charge is -2.00. The van der Waals surface area contributed by atoms with E-state index in [-0.39, 0.29) is 5.82 Å². The summed E-state index contributed by atoms with van der Waals surface area (Å²) in [6.07, 6.45) is 0. The summed E-state index contributed by atoms with van der Waals surface area (Å²) in [5.41, 5.74) is 0.0667. The van der Waals surface area contributed by atoms with Crippen LogP contribution in [0.2, 0.25) is 0 Å². The predicted octanol–water partition coefficient (Wildman–Crippen LogP) is 3.21. The van der Waals surface area contributed by atoms with E-state index in [0.717, 1.165) is 0 Å². The third kappa shape index (κ3) is 2.33. The molecule has 0 aliphatic rings. The number of halogens is 2. The topological polar surface area (TPSA) is 30.2 Å². The maximum atomic E-state index is 12.9. The molecule has 0 amide bonds. The Balaban J connectivity index is 2.59. The van der Waals surface area contributed by atoms with Crippen molar-refractivity contribution in [2.75, 3.05) is 0 Å². The van der Waals surface area contributed by atoms with Crippen LogP contribution in [0.1, 0.15) is 0 Å².